The van der Waals surface area contributed by atoms with Crippen molar-refractivity contribution in [1.29, 1.82) is 0 Å². The van der Waals surface area contributed by atoms with Crippen LogP contribution >= 0.6 is 22.9 Å². The number of amides is 2. The Labute approximate surface area is 213 Å². The fraction of sp³-hybridized carbons (Fsp3) is 0.333. The number of nitrogens with zero attached hydrogens (tertiary/aromatic N) is 2. The summed E-state index contributed by atoms with van der Waals surface area (Å²) in [5.41, 5.74) is 1.54. The van der Waals surface area contributed by atoms with Crippen LogP contribution in [0.1, 0.15) is 39.7 Å². The van der Waals surface area contributed by atoms with E-state index in [1.807, 2.05) is 11.4 Å². The minimum Gasteiger partial charge on any atom is -0.491 e. The summed E-state index contributed by atoms with van der Waals surface area (Å²) < 4.78 is 19.5. The average Bonchev–Trinajstić information content (AvgIpc) is 3.54. The lowest BCUT2D eigenvalue weighted by molar-refractivity contribution is -0.135. The largest absolute Gasteiger partial charge is 0.491 e. The number of thiophene rings is 1. The van der Waals surface area contributed by atoms with Gasteiger partial charge in [-0.05, 0) is 72.5 Å². The molecule has 2 amide bonds. The quantitative estimate of drug-likeness (QED) is 0.395. The molecule has 0 saturated heterocycles. The number of halogens is 2. The highest BCUT2D eigenvalue weighted by atomic mass is 35.5. The molecule has 1 saturated carbocycles. The van der Waals surface area contributed by atoms with Crippen LogP contribution in [-0.4, -0.2) is 47.9 Å². The molecule has 1 aliphatic carbocycles. The van der Waals surface area contributed by atoms with Crippen LogP contribution in [0.5, 0.6) is 5.75 Å². The number of carbonyl (C=O) groups is 2. The van der Waals surface area contributed by atoms with Gasteiger partial charge in [0.2, 0.25) is 5.91 Å². The number of benzene rings is 2. The number of hydrogen-bond donors (Lipinski definition) is 0. The summed E-state index contributed by atoms with van der Waals surface area (Å²) in [4.78, 5) is 31.6. The van der Waals surface area contributed by atoms with E-state index in [1.54, 1.807) is 57.5 Å². The van der Waals surface area contributed by atoms with E-state index in [0.717, 1.165) is 24.8 Å². The van der Waals surface area contributed by atoms with Crippen LogP contribution in [0.4, 0.5) is 4.39 Å². The van der Waals surface area contributed by atoms with Crippen LogP contribution in [-0.2, 0) is 11.2 Å². The third kappa shape index (κ3) is 5.68. The molecule has 1 fully saturated rings. The van der Waals surface area contributed by atoms with Gasteiger partial charge in [0.05, 0.1) is 6.04 Å². The van der Waals surface area contributed by atoms with E-state index in [0.29, 0.717) is 35.3 Å². The summed E-state index contributed by atoms with van der Waals surface area (Å²) in [6, 6.07) is 14.6. The van der Waals surface area contributed by atoms with Gasteiger partial charge >= 0.3 is 0 Å². The molecule has 182 valence electrons. The van der Waals surface area contributed by atoms with Crippen molar-refractivity contribution in [2.45, 2.75) is 25.3 Å². The van der Waals surface area contributed by atoms with Crippen molar-refractivity contribution in [2.24, 2.45) is 5.92 Å². The Morgan fingerprint density at radius 1 is 1.14 bits per heavy atom. The molecular weight excluding hydrogens is 487 g/mol. The Morgan fingerprint density at radius 2 is 1.97 bits per heavy atom. The first-order valence-electron chi connectivity index (χ1n) is 11.8. The maximum absolute atomic E-state index is 13.6. The van der Waals surface area contributed by atoms with E-state index in [2.05, 4.69) is 0 Å². The van der Waals surface area contributed by atoms with Crippen molar-refractivity contribution in [3.05, 3.63) is 86.8 Å². The molecule has 1 atom stereocenters. The second-order valence-corrected chi connectivity index (χ2v) is 10.5. The lowest BCUT2D eigenvalue weighted by Crippen LogP contribution is -2.48. The summed E-state index contributed by atoms with van der Waals surface area (Å²) in [6.07, 6.45) is 2.90. The number of fused-ring (bicyclic) bond motifs is 1. The highest BCUT2D eigenvalue weighted by molar-refractivity contribution is 7.10. The molecule has 8 heteroatoms. The highest BCUT2D eigenvalue weighted by Crippen LogP contribution is 2.35. The Kier molecular flexibility index (Phi) is 7.07. The fourth-order valence-corrected chi connectivity index (χ4v) is 5.61. The van der Waals surface area contributed by atoms with Crippen LogP contribution in [0, 0.1) is 11.7 Å². The highest BCUT2D eigenvalue weighted by Gasteiger charge is 2.35. The van der Waals surface area contributed by atoms with Gasteiger partial charge in [-0.1, -0.05) is 23.7 Å². The summed E-state index contributed by atoms with van der Waals surface area (Å²) in [7, 11) is 0. The van der Waals surface area contributed by atoms with Crippen molar-refractivity contribution in [3.8, 4) is 5.75 Å². The predicted molar refractivity (Wildman–Crippen MR) is 134 cm³/mol. The first-order chi connectivity index (χ1) is 17.0. The number of rotatable bonds is 8. The maximum atomic E-state index is 13.6. The van der Waals surface area contributed by atoms with Crippen molar-refractivity contribution < 1.29 is 18.7 Å². The molecule has 0 bridgehead atoms. The molecule has 1 aliphatic heterocycles. The van der Waals surface area contributed by atoms with E-state index in [9.17, 15) is 14.0 Å². The zero-order chi connectivity index (χ0) is 24.4. The maximum Gasteiger partial charge on any atom is 0.254 e. The van der Waals surface area contributed by atoms with Gasteiger partial charge in [0.1, 0.15) is 24.7 Å². The number of hydrogen-bond acceptors (Lipinski definition) is 4. The summed E-state index contributed by atoms with van der Waals surface area (Å²) in [6.45, 7) is 1.31. The van der Waals surface area contributed by atoms with Gasteiger partial charge in [0.15, 0.2) is 0 Å². The predicted octanol–water partition coefficient (Wildman–Crippen LogP) is 5.60. The molecule has 5 rings (SSSR count). The van der Waals surface area contributed by atoms with Gasteiger partial charge in [-0.25, -0.2) is 4.39 Å². The minimum absolute atomic E-state index is 0.00220. The van der Waals surface area contributed by atoms with E-state index >= 15 is 0 Å². The van der Waals surface area contributed by atoms with Gasteiger partial charge in [-0.2, -0.15) is 0 Å². The van der Waals surface area contributed by atoms with Crippen LogP contribution in [0.25, 0.3) is 0 Å². The smallest absolute Gasteiger partial charge is 0.254 e. The SMILES string of the molecule is O=C(c1cccc(Cl)c1)N(CC(=O)N1CCc2sccc2[C@H]1COc1cccc(F)c1)CC1CC1. The monoisotopic (exact) mass is 512 g/mol. The van der Waals surface area contributed by atoms with E-state index in [1.165, 1.54) is 17.0 Å². The molecule has 0 unspecified atom stereocenters. The Balaban J connectivity index is 1.34. The van der Waals surface area contributed by atoms with Gasteiger partial charge in [-0.15, -0.1) is 11.3 Å². The van der Waals surface area contributed by atoms with Crippen molar-refractivity contribution in [1.82, 2.24) is 9.80 Å². The van der Waals surface area contributed by atoms with Crippen molar-refractivity contribution >= 4 is 34.8 Å². The minimum atomic E-state index is -0.370. The zero-order valence-electron chi connectivity index (χ0n) is 19.2. The number of ether oxygens (including phenoxy) is 1. The van der Waals surface area contributed by atoms with Crippen LogP contribution in [0.3, 0.4) is 0 Å². The lowest BCUT2D eigenvalue weighted by atomic mass is 10.0. The summed E-state index contributed by atoms with van der Waals surface area (Å²) in [5, 5.41) is 2.51. The van der Waals surface area contributed by atoms with E-state index in [-0.39, 0.29) is 36.8 Å². The first kappa shape index (κ1) is 23.8. The number of carbonyl (C=O) groups excluding carboxylic acids is 2. The Hall–Kier alpha value is -2.90. The van der Waals surface area contributed by atoms with E-state index < -0.39 is 0 Å². The molecule has 2 aromatic carbocycles. The van der Waals surface area contributed by atoms with Gasteiger partial charge < -0.3 is 14.5 Å². The third-order valence-corrected chi connectivity index (χ3v) is 7.71. The third-order valence-electron chi connectivity index (χ3n) is 6.48. The normalized spacial score (nSPS) is 17.1. The molecule has 2 heterocycles. The summed E-state index contributed by atoms with van der Waals surface area (Å²) >= 11 is 7.78. The van der Waals surface area contributed by atoms with Crippen molar-refractivity contribution in [3.63, 3.8) is 0 Å². The first-order valence-corrected chi connectivity index (χ1v) is 13.0. The van der Waals surface area contributed by atoms with Gasteiger partial charge in [-0.3, -0.25) is 9.59 Å². The molecule has 5 nitrogen and oxygen atoms in total. The molecular formula is C27H26ClFN2O3S. The summed E-state index contributed by atoms with van der Waals surface area (Å²) in [5.74, 6) is 0.180. The molecule has 3 aromatic rings. The molecule has 2 aliphatic rings. The zero-order valence-corrected chi connectivity index (χ0v) is 20.7. The van der Waals surface area contributed by atoms with Gasteiger partial charge in [0.25, 0.3) is 5.91 Å². The molecule has 0 N–H and O–H groups in total. The second kappa shape index (κ2) is 10.4. The Morgan fingerprint density at radius 3 is 2.74 bits per heavy atom. The molecule has 35 heavy (non-hydrogen) atoms. The Bertz CT molecular complexity index is 1230. The molecule has 0 spiro atoms. The van der Waals surface area contributed by atoms with Crippen LogP contribution < -0.4 is 4.74 Å². The molecule has 0 radical (unpaired) electrons. The average molecular weight is 513 g/mol. The molecule has 1 aromatic heterocycles. The standard InChI is InChI=1S/C27H26ClFN2O3S/c28-20-4-1-3-19(13-20)27(33)30(15-18-7-8-18)16-26(32)31-11-9-25-23(10-12-35-25)24(31)17-34-22-6-2-5-21(29)14-22/h1-6,10,12-14,18,24H,7-9,11,15-17H2/t24-/m1/s1. The van der Waals surface area contributed by atoms with Crippen LogP contribution in [0.2, 0.25) is 5.02 Å². The van der Waals surface area contributed by atoms with E-state index in [4.69, 9.17) is 16.3 Å². The fourth-order valence-electron chi connectivity index (χ4n) is 4.50. The lowest BCUT2D eigenvalue weighted by Gasteiger charge is -2.37. The van der Waals surface area contributed by atoms with Crippen LogP contribution in [0.15, 0.2) is 60.0 Å². The van der Waals surface area contributed by atoms with Crippen molar-refractivity contribution in [2.75, 3.05) is 26.2 Å². The second-order valence-electron chi connectivity index (χ2n) is 9.06. The van der Waals surface area contributed by atoms with Gasteiger partial charge in [0, 0.05) is 34.6 Å². The topological polar surface area (TPSA) is 49.9 Å².